The molecule has 2 N–H and O–H groups in total. The molecule has 18 heavy (non-hydrogen) atoms. The first-order valence-corrected chi connectivity index (χ1v) is 6.50. The molecule has 100 valence electrons. The maximum absolute atomic E-state index is 13.4. The van der Waals surface area contributed by atoms with Gasteiger partial charge in [-0.25, -0.2) is 4.39 Å². The van der Waals surface area contributed by atoms with Crippen LogP contribution in [0.3, 0.4) is 0 Å². The van der Waals surface area contributed by atoms with Crippen molar-refractivity contribution >= 4 is 0 Å². The Kier molecular flexibility index (Phi) is 4.55. The van der Waals surface area contributed by atoms with E-state index in [0.29, 0.717) is 12.5 Å². The third-order valence-electron chi connectivity index (χ3n) is 3.66. The van der Waals surface area contributed by atoms with Crippen LogP contribution in [-0.2, 0) is 0 Å². The number of piperidine rings is 1. The molecule has 0 saturated carbocycles. The first-order chi connectivity index (χ1) is 8.74. The van der Waals surface area contributed by atoms with Crippen molar-refractivity contribution in [1.29, 1.82) is 0 Å². The Morgan fingerprint density at radius 2 is 2.11 bits per heavy atom. The maximum Gasteiger partial charge on any atom is 0.123 e. The number of nitrogens with zero attached hydrogens (tertiary/aromatic N) is 1. The number of rotatable bonds is 4. The molecular formula is C14H21FN2O. The molecule has 0 unspecified atom stereocenters. The van der Waals surface area contributed by atoms with Gasteiger partial charge in [-0.1, -0.05) is 0 Å². The van der Waals surface area contributed by atoms with Crippen molar-refractivity contribution in [2.45, 2.75) is 18.8 Å². The van der Waals surface area contributed by atoms with E-state index in [1.54, 1.807) is 19.2 Å². The monoisotopic (exact) mass is 252 g/mol. The minimum atomic E-state index is -0.185. The van der Waals surface area contributed by atoms with E-state index in [-0.39, 0.29) is 5.82 Å². The number of hydrogen-bond donors (Lipinski definition) is 1. The van der Waals surface area contributed by atoms with Gasteiger partial charge >= 0.3 is 0 Å². The Labute approximate surface area is 108 Å². The molecule has 1 heterocycles. The maximum atomic E-state index is 13.4. The van der Waals surface area contributed by atoms with Crippen LogP contribution in [0, 0.1) is 5.82 Å². The Bertz CT molecular complexity index is 389. The molecule has 0 radical (unpaired) electrons. The second kappa shape index (κ2) is 6.16. The molecule has 1 aliphatic rings. The first kappa shape index (κ1) is 13.3. The fourth-order valence-electron chi connectivity index (χ4n) is 2.67. The van der Waals surface area contributed by atoms with Crippen molar-refractivity contribution < 1.29 is 9.13 Å². The lowest BCUT2D eigenvalue weighted by atomic mass is 9.88. The van der Waals surface area contributed by atoms with Gasteiger partial charge in [0.05, 0.1) is 7.11 Å². The first-order valence-electron chi connectivity index (χ1n) is 6.50. The zero-order valence-electron chi connectivity index (χ0n) is 10.9. The predicted octanol–water partition coefficient (Wildman–Crippen LogP) is 1.97. The topological polar surface area (TPSA) is 38.5 Å². The summed E-state index contributed by atoms with van der Waals surface area (Å²) in [6.07, 6.45) is 2.08. The molecule has 1 aliphatic heterocycles. The molecule has 0 bridgehead atoms. The standard InChI is InChI=1S/C14H21FN2O/c1-18-14-3-2-12(15)10-13(14)11-4-7-17(8-5-11)9-6-16/h2-3,10-11H,4-9,16H2,1H3. The zero-order valence-corrected chi connectivity index (χ0v) is 10.9. The van der Waals surface area contributed by atoms with Crippen molar-refractivity contribution in [3.63, 3.8) is 0 Å². The van der Waals surface area contributed by atoms with Gasteiger partial charge in [0.1, 0.15) is 11.6 Å². The number of methoxy groups -OCH3 is 1. The number of ether oxygens (including phenoxy) is 1. The SMILES string of the molecule is COc1ccc(F)cc1C1CCN(CCN)CC1. The average Bonchev–Trinajstić information content (AvgIpc) is 2.40. The Morgan fingerprint density at radius 1 is 1.39 bits per heavy atom. The fraction of sp³-hybridized carbons (Fsp3) is 0.571. The van der Waals surface area contributed by atoms with Crippen LogP contribution >= 0.6 is 0 Å². The minimum Gasteiger partial charge on any atom is -0.496 e. The number of benzene rings is 1. The third-order valence-corrected chi connectivity index (χ3v) is 3.66. The average molecular weight is 252 g/mol. The van der Waals surface area contributed by atoms with E-state index in [9.17, 15) is 4.39 Å². The predicted molar refractivity (Wildman–Crippen MR) is 70.4 cm³/mol. The summed E-state index contributed by atoms with van der Waals surface area (Å²) in [5.74, 6) is 1.01. The minimum absolute atomic E-state index is 0.185. The van der Waals surface area contributed by atoms with Gasteiger partial charge in [-0.15, -0.1) is 0 Å². The number of halogens is 1. The number of likely N-dealkylation sites (tertiary alicyclic amines) is 1. The van der Waals surface area contributed by atoms with Gasteiger partial charge in [-0.2, -0.15) is 0 Å². The number of nitrogens with two attached hydrogens (primary N) is 1. The lowest BCUT2D eigenvalue weighted by molar-refractivity contribution is 0.216. The summed E-state index contributed by atoms with van der Waals surface area (Å²) in [7, 11) is 1.64. The van der Waals surface area contributed by atoms with E-state index >= 15 is 0 Å². The lowest BCUT2D eigenvalue weighted by Gasteiger charge is -2.32. The molecular weight excluding hydrogens is 231 g/mol. The van der Waals surface area contributed by atoms with E-state index in [2.05, 4.69) is 4.90 Å². The molecule has 2 rings (SSSR count). The summed E-state index contributed by atoms with van der Waals surface area (Å²) in [6.45, 7) is 3.71. The van der Waals surface area contributed by atoms with Crippen molar-refractivity contribution in [2.75, 3.05) is 33.3 Å². The Hall–Kier alpha value is -1.13. The third kappa shape index (κ3) is 3.00. The fourth-order valence-corrected chi connectivity index (χ4v) is 2.67. The van der Waals surface area contributed by atoms with Crippen LogP contribution in [0.4, 0.5) is 4.39 Å². The molecule has 0 amide bonds. The van der Waals surface area contributed by atoms with E-state index < -0.39 is 0 Å². The second-order valence-corrected chi connectivity index (χ2v) is 4.79. The summed E-state index contributed by atoms with van der Waals surface area (Å²) in [5, 5.41) is 0. The quantitative estimate of drug-likeness (QED) is 0.890. The van der Waals surface area contributed by atoms with Gasteiger partial charge in [0.2, 0.25) is 0 Å². The largest absolute Gasteiger partial charge is 0.496 e. The highest BCUT2D eigenvalue weighted by molar-refractivity contribution is 5.37. The molecule has 0 atom stereocenters. The van der Waals surface area contributed by atoms with Crippen molar-refractivity contribution in [3.8, 4) is 5.75 Å². The molecule has 0 aromatic heterocycles. The van der Waals surface area contributed by atoms with E-state index in [0.717, 1.165) is 43.8 Å². The van der Waals surface area contributed by atoms with Gasteiger partial charge < -0.3 is 15.4 Å². The molecule has 1 aromatic rings. The molecule has 3 nitrogen and oxygen atoms in total. The van der Waals surface area contributed by atoms with Crippen LogP contribution in [0.15, 0.2) is 18.2 Å². The highest BCUT2D eigenvalue weighted by atomic mass is 19.1. The van der Waals surface area contributed by atoms with Crippen LogP contribution in [0.25, 0.3) is 0 Å². The summed E-state index contributed by atoms with van der Waals surface area (Å²) in [4.78, 5) is 2.36. The smallest absolute Gasteiger partial charge is 0.123 e. The van der Waals surface area contributed by atoms with Crippen molar-refractivity contribution in [1.82, 2.24) is 4.90 Å². The molecule has 1 aromatic carbocycles. The number of hydrogen-bond acceptors (Lipinski definition) is 3. The van der Waals surface area contributed by atoms with Crippen LogP contribution in [-0.4, -0.2) is 38.2 Å². The Morgan fingerprint density at radius 3 is 2.72 bits per heavy atom. The highest BCUT2D eigenvalue weighted by Gasteiger charge is 2.22. The second-order valence-electron chi connectivity index (χ2n) is 4.79. The van der Waals surface area contributed by atoms with Gasteiger partial charge in [0.15, 0.2) is 0 Å². The molecule has 1 fully saturated rings. The van der Waals surface area contributed by atoms with Crippen molar-refractivity contribution in [3.05, 3.63) is 29.6 Å². The molecule has 1 saturated heterocycles. The molecule has 0 spiro atoms. The van der Waals surface area contributed by atoms with Gasteiger partial charge in [-0.3, -0.25) is 0 Å². The normalized spacial score (nSPS) is 17.9. The van der Waals surface area contributed by atoms with Crippen LogP contribution in [0.2, 0.25) is 0 Å². The lowest BCUT2D eigenvalue weighted by Crippen LogP contribution is -2.36. The van der Waals surface area contributed by atoms with E-state index in [1.807, 2.05) is 0 Å². The zero-order chi connectivity index (χ0) is 13.0. The highest BCUT2D eigenvalue weighted by Crippen LogP contribution is 2.34. The van der Waals surface area contributed by atoms with Crippen molar-refractivity contribution in [2.24, 2.45) is 5.73 Å². The summed E-state index contributed by atoms with van der Waals surface area (Å²) >= 11 is 0. The summed E-state index contributed by atoms with van der Waals surface area (Å²) in [5.41, 5.74) is 6.56. The van der Waals surface area contributed by atoms with E-state index in [1.165, 1.54) is 6.07 Å². The summed E-state index contributed by atoms with van der Waals surface area (Å²) < 4.78 is 18.7. The van der Waals surface area contributed by atoms with Crippen LogP contribution in [0.1, 0.15) is 24.3 Å². The van der Waals surface area contributed by atoms with Gasteiger partial charge in [-0.05, 0) is 50.0 Å². The summed E-state index contributed by atoms with van der Waals surface area (Å²) in [6, 6.07) is 4.78. The van der Waals surface area contributed by atoms with Gasteiger partial charge in [0, 0.05) is 18.7 Å². The molecule has 0 aliphatic carbocycles. The Balaban J connectivity index is 2.06. The van der Waals surface area contributed by atoms with E-state index in [4.69, 9.17) is 10.5 Å². The van der Waals surface area contributed by atoms with Crippen LogP contribution < -0.4 is 10.5 Å². The van der Waals surface area contributed by atoms with Gasteiger partial charge in [0.25, 0.3) is 0 Å². The van der Waals surface area contributed by atoms with Crippen LogP contribution in [0.5, 0.6) is 5.75 Å². The molecule has 4 heteroatoms.